The summed E-state index contributed by atoms with van der Waals surface area (Å²) in [6, 6.07) is 0. The van der Waals surface area contributed by atoms with E-state index in [9.17, 15) is 5.11 Å². The highest BCUT2D eigenvalue weighted by atomic mass is 16.5. The molecule has 0 aliphatic heterocycles. The lowest BCUT2D eigenvalue weighted by Crippen LogP contribution is -2.43. The SMILES string of the molecule is CC(C)COCCNCC1(O)CCCCC1. The van der Waals surface area contributed by atoms with Gasteiger partial charge in [0.2, 0.25) is 0 Å². The Balaban J connectivity index is 1.97. The first-order valence-electron chi connectivity index (χ1n) is 6.63. The van der Waals surface area contributed by atoms with Gasteiger partial charge in [-0.05, 0) is 18.8 Å². The maximum atomic E-state index is 10.2. The van der Waals surface area contributed by atoms with Gasteiger partial charge in [0.1, 0.15) is 0 Å². The lowest BCUT2D eigenvalue weighted by atomic mass is 9.85. The van der Waals surface area contributed by atoms with Gasteiger partial charge in [0, 0.05) is 19.7 Å². The number of hydrogen-bond acceptors (Lipinski definition) is 3. The number of ether oxygens (including phenoxy) is 1. The molecule has 0 aromatic rings. The highest BCUT2D eigenvalue weighted by Gasteiger charge is 2.28. The monoisotopic (exact) mass is 229 g/mol. The van der Waals surface area contributed by atoms with Crippen LogP contribution in [0, 0.1) is 5.92 Å². The van der Waals surface area contributed by atoms with Gasteiger partial charge in [-0.3, -0.25) is 0 Å². The Bertz CT molecular complexity index is 177. The van der Waals surface area contributed by atoms with Crippen LogP contribution < -0.4 is 5.32 Å². The summed E-state index contributed by atoms with van der Waals surface area (Å²) in [6.07, 6.45) is 5.52. The largest absolute Gasteiger partial charge is 0.389 e. The summed E-state index contributed by atoms with van der Waals surface area (Å²) < 4.78 is 5.47. The van der Waals surface area contributed by atoms with Crippen molar-refractivity contribution in [2.24, 2.45) is 5.92 Å². The molecule has 1 saturated carbocycles. The normalized spacial score (nSPS) is 20.2. The zero-order chi connectivity index (χ0) is 11.9. The van der Waals surface area contributed by atoms with Crippen LogP contribution in [0.5, 0.6) is 0 Å². The summed E-state index contributed by atoms with van der Waals surface area (Å²) in [5.74, 6) is 0.600. The van der Waals surface area contributed by atoms with E-state index in [1.807, 2.05) is 0 Å². The van der Waals surface area contributed by atoms with Crippen molar-refractivity contribution in [1.29, 1.82) is 0 Å². The van der Waals surface area contributed by atoms with Gasteiger partial charge in [0.15, 0.2) is 0 Å². The highest BCUT2D eigenvalue weighted by molar-refractivity contribution is 4.84. The van der Waals surface area contributed by atoms with E-state index in [0.29, 0.717) is 5.92 Å². The van der Waals surface area contributed by atoms with Crippen molar-refractivity contribution in [2.45, 2.75) is 51.6 Å². The summed E-state index contributed by atoms with van der Waals surface area (Å²) in [6.45, 7) is 7.43. The average molecular weight is 229 g/mol. The molecule has 16 heavy (non-hydrogen) atoms. The molecule has 0 atom stereocenters. The fourth-order valence-corrected chi connectivity index (χ4v) is 2.17. The van der Waals surface area contributed by atoms with Gasteiger partial charge in [-0.1, -0.05) is 33.1 Å². The van der Waals surface area contributed by atoms with Crippen LogP contribution in [0.15, 0.2) is 0 Å². The third-order valence-corrected chi connectivity index (χ3v) is 3.11. The molecule has 1 rings (SSSR count). The minimum Gasteiger partial charge on any atom is -0.389 e. The van der Waals surface area contributed by atoms with Crippen molar-refractivity contribution >= 4 is 0 Å². The minimum absolute atomic E-state index is 0.448. The molecule has 0 spiro atoms. The Morgan fingerprint density at radius 2 is 1.94 bits per heavy atom. The van der Waals surface area contributed by atoms with E-state index in [-0.39, 0.29) is 0 Å². The van der Waals surface area contributed by atoms with Crippen LogP contribution in [0.1, 0.15) is 46.0 Å². The second kappa shape index (κ2) is 7.25. The molecule has 3 heteroatoms. The van der Waals surface area contributed by atoms with Crippen LogP contribution in [-0.4, -0.2) is 37.0 Å². The second-order valence-corrected chi connectivity index (χ2v) is 5.43. The Kier molecular flexibility index (Phi) is 6.32. The molecule has 0 unspecified atom stereocenters. The Hall–Kier alpha value is -0.120. The van der Waals surface area contributed by atoms with Crippen LogP contribution in [-0.2, 0) is 4.74 Å². The molecule has 0 saturated heterocycles. The van der Waals surface area contributed by atoms with Crippen LogP contribution in [0.25, 0.3) is 0 Å². The van der Waals surface area contributed by atoms with Gasteiger partial charge in [0.25, 0.3) is 0 Å². The number of rotatable bonds is 7. The van der Waals surface area contributed by atoms with Gasteiger partial charge in [-0.2, -0.15) is 0 Å². The van der Waals surface area contributed by atoms with E-state index in [1.54, 1.807) is 0 Å². The molecule has 0 aromatic carbocycles. The third kappa shape index (κ3) is 5.83. The molecular weight excluding hydrogens is 202 g/mol. The standard InChI is InChI=1S/C13H27NO2/c1-12(2)10-16-9-8-14-11-13(15)6-4-3-5-7-13/h12,14-15H,3-11H2,1-2H3. The fraction of sp³-hybridized carbons (Fsp3) is 1.00. The summed E-state index contributed by atoms with van der Waals surface area (Å²) >= 11 is 0. The van der Waals surface area contributed by atoms with Crippen molar-refractivity contribution in [2.75, 3.05) is 26.3 Å². The Morgan fingerprint density at radius 3 is 2.56 bits per heavy atom. The quantitative estimate of drug-likeness (QED) is 0.656. The van der Waals surface area contributed by atoms with Gasteiger partial charge in [0.05, 0.1) is 12.2 Å². The van der Waals surface area contributed by atoms with E-state index < -0.39 is 5.60 Å². The number of nitrogens with one attached hydrogen (secondary N) is 1. The van der Waals surface area contributed by atoms with Crippen LogP contribution in [0.2, 0.25) is 0 Å². The Labute approximate surface area is 99.6 Å². The third-order valence-electron chi connectivity index (χ3n) is 3.11. The van der Waals surface area contributed by atoms with E-state index in [1.165, 1.54) is 19.3 Å². The van der Waals surface area contributed by atoms with Gasteiger partial charge in [-0.25, -0.2) is 0 Å². The van der Waals surface area contributed by atoms with E-state index in [2.05, 4.69) is 19.2 Å². The molecule has 0 radical (unpaired) electrons. The molecule has 0 aromatic heterocycles. The van der Waals surface area contributed by atoms with Crippen LogP contribution in [0.4, 0.5) is 0 Å². The maximum absolute atomic E-state index is 10.2. The molecule has 1 aliphatic carbocycles. The predicted octanol–water partition coefficient (Wildman–Crippen LogP) is 1.94. The second-order valence-electron chi connectivity index (χ2n) is 5.43. The van der Waals surface area contributed by atoms with Crippen molar-refractivity contribution in [3.63, 3.8) is 0 Å². The van der Waals surface area contributed by atoms with E-state index in [4.69, 9.17) is 4.74 Å². The Morgan fingerprint density at radius 1 is 1.25 bits per heavy atom. The minimum atomic E-state index is -0.448. The van der Waals surface area contributed by atoms with Gasteiger partial charge in [-0.15, -0.1) is 0 Å². The molecule has 1 aliphatic rings. The average Bonchev–Trinajstić information content (AvgIpc) is 2.24. The van der Waals surface area contributed by atoms with Crippen molar-refractivity contribution < 1.29 is 9.84 Å². The van der Waals surface area contributed by atoms with E-state index >= 15 is 0 Å². The molecule has 0 heterocycles. The smallest absolute Gasteiger partial charge is 0.0771 e. The van der Waals surface area contributed by atoms with Crippen LogP contribution in [0.3, 0.4) is 0 Å². The van der Waals surface area contributed by atoms with Crippen molar-refractivity contribution in [3.05, 3.63) is 0 Å². The fourth-order valence-electron chi connectivity index (χ4n) is 2.17. The lowest BCUT2D eigenvalue weighted by molar-refractivity contribution is 0.00310. The van der Waals surface area contributed by atoms with Gasteiger partial charge < -0.3 is 15.2 Å². The molecule has 0 bridgehead atoms. The van der Waals surface area contributed by atoms with Crippen LogP contribution >= 0.6 is 0 Å². The highest BCUT2D eigenvalue weighted by Crippen LogP contribution is 2.27. The summed E-state index contributed by atoms with van der Waals surface area (Å²) in [7, 11) is 0. The summed E-state index contributed by atoms with van der Waals surface area (Å²) in [5.41, 5.74) is -0.448. The molecule has 96 valence electrons. The zero-order valence-corrected chi connectivity index (χ0v) is 10.8. The first-order chi connectivity index (χ1) is 7.62. The summed E-state index contributed by atoms with van der Waals surface area (Å²) in [5, 5.41) is 13.5. The summed E-state index contributed by atoms with van der Waals surface area (Å²) in [4.78, 5) is 0. The van der Waals surface area contributed by atoms with E-state index in [0.717, 1.165) is 39.1 Å². The predicted molar refractivity (Wildman–Crippen MR) is 66.6 cm³/mol. The molecular formula is C13H27NO2. The number of hydrogen-bond donors (Lipinski definition) is 2. The molecule has 1 fully saturated rings. The topological polar surface area (TPSA) is 41.5 Å². The number of aliphatic hydroxyl groups is 1. The first kappa shape index (κ1) is 13.9. The molecule has 2 N–H and O–H groups in total. The maximum Gasteiger partial charge on any atom is 0.0771 e. The molecule has 0 amide bonds. The molecule has 3 nitrogen and oxygen atoms in total. The van der Waals surface area contributed by atoms with Gasteiger partial charge >= 0.3 is 0 Å². The van der Waals surface area contributed by atoms with Crippen molar-refractivity contribution in [3.8, 4) is 0 Å². The lowest BCUT2D eigenvalue weighted by Gasteiger charge is -2.32. The van der Waals surface area contributed by atoms with Crippen molar-refractivity contribution in [1.82, 2.24) is 5.32 Å². The zero-order valence-electron chi connectivity index (χ0n) is 10.8. The first-order valence-corrected chi connectivity index (χ1v) is 6.63.